The lowest BCUT2D eigenvalue weighted by atomic mass is 10.0. The van der Waals surface area contributed by atoms with E-state index in [1.54, 1.807) is 0 Å². The quantitative estimate of drug-likeness (QED) is 0.0243. The van der Waals surface area contributed by atoms with Gasteiger partial charge in [0.05, 0.1) is 39.9 Å². The summed E-state index contributed by atoms with van der Waals surface area (Å²) in [6.07, 6.45) is 86.9. The molecule has 492 valence electrons. The number of carbonyl (C=O) groups is 1. The predicted molar refractivity (Wildman–Crippen MR) is 365 cm³/mol. The fourth-order valence-corrected chi connectivity index (χ4v) is 12.1. The van der Waals surface area contributed by atoms with Crippen molar-refractivity contribution in [2.45, 2.75) is 392 Å². The largest absolute Gasteiger partial charge is 0.472 e. The van der Waals surface area contributed by atoms with Crippen molar-refractivity contribution in [2.24, 2.45) is 0 Å². The minimum Gasteiger partial charge on any atom is -0.391 e. The highest BCUT2D eigenvalue weighted by Crippen LogP contribution is 2.43. The summed E-state index contributed by atoms with van der Waals surface area (Å²) in [6.45, 7) is 4.94. The Morgan fingerprint density at radius 2 is 0.687 bits per heavy atom. The highest BCUT2D eigenvalue weighted by atomic mass is 31.2. The van der Waals surface area contributed by atoms with Crippen molar-refractivity contribution in [1.82, 2.24) is 5.32 Å². The molecule has 0 aromatic rings. The number of phosphoric ester groups is 1. The first kappa shape index (κ1) is 81.7. The van der Waals surface area contributed by atoms with Crippen LogP contribution < -0.4 is 5.32 Å². The Morgan fingerprint density at radius 3 is 1.00 bits per heavy atom. The zero-order valence-electron chi connectivity index (χ0n) is 56.5. The van der Waals surface area contributed by atoms with Crippen molar-refractivity contribution in [3.63, 3.8) is 0 Å². The molecule has 0 aliphatic carbocycles. The number of aliphatic hydroxyl groups excluding tert-OH is 1. The summed E-state index contributed by atoms with van der Waals surface area (Å²) in [5.74, 6) is -0.138. The van der Waals surface area contributed by atoms with Gasteiger partial charge in [-0.15, -0.1) is 0 Å². The lowest BCUT2D eigenvalue weighted by Gasteiger charge is -2.26. The van der Waals surface area contributed by atoms with Crippen LogP contribution in [0.4, 0.5) is 0 Å². The van der Waals surface area contributed by atoms with E-state index >= 15 is 0 Å². The molecule has 9 heteroatoms. The number of hydrogen-bond acceptors (Lipinski definition) is 5. The van der Waals surface area contributed by atoms with Crippen molar-refractivity contribution in [1.29, 1.82) is 0 Å². The maximum Gasteiger partial charge on any atom is 0.472 e. The third-order valence-corrected chi connectivity index (χ3v) is 18.1. The second-order valence-corrected chi connectivity index (χ2v) is 28.1. The SMILES string of the molecule is CCCCCCC/C=C\C/C=C\C/C=C\CCCCCCCCCCCCCCCCCCC(=O)NC(COP(=O)(O)OCC[N+](C)(C)C)C(O)CCCCCCCCCCCCCCCCCCCCCCCCCCCCCCCC. The van der Waals surface area contributed by atoms with Gasteiger partial charge in [0.15, 0.2) is 0 Å². The minimum atomic E-state index is -4.33. The average Bonchev–Trinajstić information content (AvgIpc) is 3.49. The van der Waals surface area contributed by atoms with Crippen molar-refractivity contribution < 1.29 is 32.9 Å². The second-order valence-electron chi connectivity index (χ2n) is 26.7. The second kappa shape index (κ2) is 65.2. The summed E-state index contributed by atoms with van der Waals surface area (Å²) >= 11 is 0. The van der Waals surface area contributed by atoms with Crippen molar-refractivity contribution in [3.05, 3.63) is 36.5 Å². The number of hydrogen-bond donors (Lipinski definition) is 3. The number of amides is 1. The zero-order valence-corrected chi connectivity index (χ0v) is 57.4. The molecule has 0 fully saturated rings. The smallest absolute Gasteiger partial charge is 0.391 e. The maximum atomic E-state index is 13.1. The van der Waals surface area contributed by atoms with Crippen LogP contribution in [0.1, 0.15) is 380 Å². The first-order chi connectivity index (χ1) is 40.5. The third kappa shape index (κ3) is 68.1. The molecule has 0 rings (SSSR count). The van der Waals surface area contributed by atoms with Gasteiger partial charge in [-0.3, -0.25) is 13.8 Å². The highest BCUT2D eigenvalue weighted by molar-refractivity contribution is 7.47. The first-order valence-electron chi connectivity index (χ1n) is 36.9. The molecule has 0 aliphatic rings. The molecule has 0 aliphatic heterocycles. The lowest BCUT2D eigenvalue weighted by molar-refractivity contribution is -0.870. The van der Waals surface area contributed by atoms with Crippen LogP contribution in [0.15, 0.2) is 36.5 Å². The molecular weight excluding hydrogens is 1040 g/mol. The van der Waals surface area contributed by atoms with Gasteiger partial charge in [-0.1, -0.05) is 359 Å². The molecule has 0 saturated heterocycles. The van der Waals surface area contributed by atoms with E-state index in [2.05, 4.69) is 55.6 Å². The number of aliphatic hydroxyl groups is 1. The number of quaternary nitrogens is 1. The van der Waals surface area contributed by atoms with Crippen molar-refractivity contribution in [2.75, 3.05) is 40.9 Å². The maximum absolute atomic E-state index is 13.1. The monoisotopic (exact) mass is 1190 g/mol. The number of phosphoric acid groups is 1. The van der Waals surface area contributed by atoms with E-state index in [4.69, 9.17) is 9.05 Å². The van der Waals surface area contributed by atoms with Gasteiger partial charge in [-0.2, -0.15) is 0 Å². The van der Waals surface area contributed by atoms with Crippen molar-refractivity contribution in [3.8, 4) is 0 Å². The Kier molecular flexibility index (Phi) is 64.2. The van der Waals surface area contributed by atoms with Crippen LogP contribution >= 0.6 is 7.82 Å². The Hall–Kier alpha value is -1.28. The normalized spacial score (nSPS) is 13.8. The van der Waals surface area contributed by atoms with Crippen LogP contribution in [0, 0.1) is 0 Å². The van der Waals surface area contributed by atoms with E-state index in [9.17, 15) is 19.4 Å². The summed E-state index contributed by atoms with van der Waals surface area (Å²) in [5.41, 5.74) is 0. The fraction of sp³-hybridized carbons (Fsp3) is 0.905. The summed E-state index contributed by atoms with van der Waals surface area (Å²) in [6, 6.07) is -0.762. The standard InChI is InChI=1S/C74H145N2O6P/c1-6-8-10-12-14-16-18-20-22-24-26-28-30-32-34-36-38-40-42-44-46-48-50-52-54-56-58-60-62-64-66-68-74(78)75-72(71-82-83(79,80)81-70-69-76(3,4)5)73(77)67-65-63-61-59-57-55-53-51-49-47-45-43-41-39-37-35-33-31-29-27-25-23-21-19-17-15-13-11-9-7-2/h18,20,24,26,30,32,72-73,77H,6-17,19,21-23,25,27-29,31,33-71H2,1-5H3,(H-,75,78,79,80)/p+1/b20-18-,26-24-,32-30-. The van der Waals surface area contributed by atoms with Crippen LogP contribution in [0.3, 0.4) is 0 Å². The van der Waals surface area contributed by atoms with Gasteiger partial charge in [-0.25, -0.2) is 4.57 Å². The summed E-state index contributed by atoms with van der Waals surface area (Å²) in [5, 5.41) is 14.2. The Morgan fingerprint density at radius 1 is 0.410 bits per heavy atom. The van der Waals surface area contributed by atoms with E-state index in [0.717, 1.165) is 51.4 Å². The molecule has 1 amide bonds. The fourth-order valence-electron chi connectivity index (χ4n) is 11.4. The van der Waals surface area contributed by atoms with E-state index in [1.807, 2.05) is 21.1 Å². The van der Waals surface area contributed by atoms with Gasteiger partial charge in [0.1, 0.15) is 13.2 Å². The lowest BCUT2D eigenvalue weighted by Crippen LogP contribution is -2.46. The number of nitrogens with zero attached hydrogens (tertiary/aromatic N) is 1. The average molecular weight is 1190 g/mol. The first-order valence-corrected chi connectivity index (χ1v) is 38.3. The molecule has 0 bridgehead atoms. The molecule has 8 nitrogen and oxygen atoms in total. The number of likely N-dealkylation sites (N-methyl/N-ethyl adjacent to an activating group) is 1. The van der Waals surface area contributed by atoms with E-state index in [1.165, 1.54) is 302 Å². The molecular formula is C74H146N2O6P+. The number of allylic oxidation sites excluding steroid dienone is 6. The van der Waals surface area contributed by atoms with Crippen LogP contribution in [-0.4, -0.2) is 73.4 Å². The van der Waals surface area contributed by atoms with E-state index < -0.39 is 20.0 Å². The highest BCUT2D eigenvalue weighted by Gasteiger charge is 2.28. The van der Waals surface area contributed by atoms with Crippen molar-refractivity contribution >= 4 is 13.7 Å². The minimum absolute atomic E-state index is 0.0763. The molecule has 0 saturated carbocycles. The van der Waals surface area contributed by atoms with Gasteiger partial charge >= 0.3 is 7.82 Å². The van der Waals surface area contributed by atoms with E-state index in [0.29, 0.717) is 23.9 Å². The molecule has 83 heavy (non-hydrogen) atoms. The molecule has 0 radical (unpaired) electrons. The van der Waals surface area contributed by atoms with Crippen LogP contribution in [0.2, 0.25) is 0 Å². The predicted octanol–water partition coefficient (Wildman–Crippen LogP) is 23.6. The Labute approximate surface area is 518 Å². The summed E-state index contributed by atoms with van der Waals surface area (Å²) < 4.78 is 23.9. The topological polar surface area (TPSA) is 105 Å². The van der Waals surface area contributed by atoms with Gasteiger partial charge in [0.2, 0.25) is 5.91 Å². The third-order valence-electron chi connectivity index (χ3n) is 17.1. The van der Waals surface area contributed by atoms with Gasteiger partial charge < -0.3 is 19.8 Å². The number of unbranched alkanes of at least 4 members (excludes halogenated alkanes) is 50. The molecule has 0 spiro atoms. The van der Waals surface area contributed by atoms with Crippen LogP contribution in [-0.2, 0) is 18.4 Å². The zero-order chi connectivity index (χ0) is 60.5. The number of rotatable bonds is 69. The Bertz CT molecular complexity index is 1450. The molecule has 3 unspecified atom stereocenters. The Balaban J connectivity index is 3.99. The van der Waals surface area contributed by atoms with Gasteiger partial charge in [-0.05, 0) is 51.4 Å². The number of carbonyl (C=O) groups excluding carboxylic acids is 1. The van der Waals surface area contributed by atoms with Gasteiger partial charge in [0.25, 0.3) is 0 Å². The molecule has 0 aromatic carbocycles. The van der Waals surface area contributed by atoms with E-state index in [-0.39, 0.29) is 19.1 Å². The molecule has 3 atom stereocenters. The summed E-state index contributed by atoms with van der Waals surface area (Å²) in [4.78, 5) is 23.5. The van der Waals surface area contributed by atoms with Crippen LogP contribution in [0.5, 0.6) is 0 Å². The molecule has 3 N–H and O–H groups in total. The molecule has 0 aromatic heterocycles. The number of nitrogens with one attached hydrogen (secondary N) is 1. The van der Waals surface area contributed by atoms with Crippen LogP contribution in [0.25, 0.3) is 0 Å². The van der Waals surface area contributed by atoms with Gasteiger partial charge in [0, 0.05) is 6.42 Å². The molecule has 0 heterocycles. The summed E-state index contributed by atoms with van der Waals surface area (Å²) in [7, 11) is 1.63.